The van der Waals surface area contributed by atoms with Crippen LogP contribution >= 0.6 is 63.0 Å². The molecule has 0 unspecified atom stereocenters. The number of nitrogens with zero attached hydrogens (tertiary/aromatic N) is 1. The molecule has 1 amide bonds. The zero-order valence-electron chi connectivity index (χ0n) is 23.4. The lowest BCUT2D eigenvalue weighted by Crippen LogP contribution is -2.45. The van der Waals surface area contributed by atoms with Crippen molar-refractivity contribution in [3.05, 3.63) is 102 Å². The van der Waals surface area contributed by atoms with Gasteiger partial charge in [-0.15, -0.1) is 0 Å². The minimum atomic E-state index is -0.640. The second-order valence-corrected chi connectivity index (χ2v) is 11.8. The fraction of sp³-hybridized carbons (Fsp3) is 0.200. The first-order valence-electron chi connectivity index (χ1n) is 13.1. The average Bonchev–Trinajstić information content (AvgIpc) is 2.96. The van der Waals surface area contributed by atoms with Crippen molar-refractivity contribution in [2.75, 3.05) is 13.2 Å². The molecule has 0 bridgehead atoms. The van der Waals surface area contributed by atoms with Crippen LogP contribution in [0.1, 0.15) is 36.6 Å². The third-order valence-electron chi connectivity index (χ3n) is 6.16. The molecule has 14 heteroatoms. The highest BCUT2D eigenvalue weighted by Gasteiger charge is 2.32. The number of carbonyl (C=O) groups excluding carboxylic acids is 2. The monoisotopic (exact) mass is 738 g/mol. The Hall–Kier alpha value is -3.35. The molecule has 1 heterocycles. The van der Waals surface area contributed by atoms with Gasteiger partial charge in [-0.1, -0.05) is 59.1 Å². The Morgan fingerprint density at radius 3 is 2.59 bits per heavy atom. The van der Waals surface area contributed by atoms with Crippen molar-refractivity contribution in [2.24, 2.45) is 5.10 Å². The van der Waals surface area contributed by atoms with Gasteiger partial charge in [0.15, 0.2) is 17.5 Å². The maximum absolute atomic E-state index is 12.7. The molecule has 3 N–H and O–H groups in total. The van der Waals surface area contributed by atoms with E-state index in [1.807, 2.05) is 0 Å². The van der Waals surface area contributed by atoms with E-state index in [0.29, 0.717) is 58.5 Å². The molecule has 44 heavy (non-hydrogen) atoms. The van der Waals surface area contributed by atoms with Gasteiger partial charge >= 0.3 is 5.97 Å². The predicted octanol–water partition coefficient (Wildman–Crippen LogP) is 6.87. The topological polar surface area (TPSA) is 110 Å². The zero-order valence-corrected chi connectivity index (χ0v) is 28.1. The van der Waals surface area contributed by atoms with Crippen molar-refractivity contribution in [3.8, 4) is 11.5 Å². The number of halogens is 4. The SMILES string of the molecule is CCOC(=O)C1=C(C)NC(=S)N[C@H]1c1ccccc1OCC(=O)NN=Cc1cc(Cl)c(OCc2ccc(Cl)cc2Cl)c(Br)c1. The number of ether oxygens (including phenoxy) is 3. The van der Waals surface area contributed by atoms with E-state index in [0.717, 1.165) is 5.56 Å². The second-order valence-electron chi connectivity index (χ2n) is 9.25. The second kappa shape index (κ2) is 15.6. The minimum Gasteiger partial charge on any atom is -0.486 e. The van der Waals surface area contributed by atoms with Crippen LogP contribution in [0.5, 0.6) is 11.5 Å². The summed E-state index contributed by atoms with van der Waals surface area (Å²) in [4.78, 5) is 25.3. The van der Waals surface area contributed by atoms with E-state index in [-0.39, 0.29) is 19.8 Å². The van der Waals surface area contributed by atoms with Crippen molar-refractivity contribution < 1.29 is 23.8 Å². The van der Waals surface area contributed by atoms with Crippen molar-refractivity contribution in [2.45, 2.75) is 26.5 Å². The van der Waals surface area contributed by atoms with Crippen LogP contribution in [0.2, 0.25) is 15.1 Å². The molecular weight excluding hydrogens is 715 g/mol. The lowest BCUT2D eigenvalue weighted by molar-refractivity contribution is -0.139. The van der Waals surface area contributed by atoms with E-state index in [1.54, 1.807) is 68.4 Å². The number of carbonyl (C=O) groups is 2. The normalized spacial score (nSPS) is 14.6. The number of allylic oxidation sites excluding steroid dienone is 1. The third kappa shape index (κ3) is 8.64. The molecule has 1 atom stereocenters. The predicted molar refractivity (Wildman–Crippen MR) is 179 cm³/mol. The Kier molecular flexibility index (Phi) is 11.9. The molecule has 1 aliphatic heterocycles. The summed E-state index contributed by atoms with van der Waals surface area (Å²) in [6.07, 6.45) is 1.43. The quantitative estimate of drug-likeness (QED) is 0.0846. The zero-order chi connectivity index (χ0) is 31.8. The highest BCUT2D eigenvalue weighted by atomic mass is 79.9. The van der Waals surface area contributed by atoms with Gasteiger partial charge in [0, 0.05) is 26.9 Å². The maximum atomic E-state index is 12.7. The molecule has 0 saturated carbocycles. The summed E-state index contributed by atoms with van der Waals surface area (Å²) in [6, 6.07) is 14.9. The minimum absolute atomic E-state index is 0.182. The number of amides is 1. The van der Waals surface area contributed by atoms with E-state index in [9.17, 15) is 9.59 Å². The summed E-state index contributed by atoms with van der Waals surface area (Å²) >= 11 is 27.4. The molecule has 0 saturated heterocycles. The Balaban J connectivity index is 1.38. The van der Waals surface area contributed by atoms with Gasteiger partial charge in [0.05, 0.1) is 33.9 Å². The van der Waals surface area contributed by atoms with Crippen LogP contribution in [-0.2, 0) is 20.9 Å². The third-order valence-corrected chi connectivity index (χ3v) is 7.84. The van der Waals surface area contributed by atoms with Crippen molar-refractivity contribution in [1.29, 1.82) is 0 Å². The average molecular weight is 741 g/mol. The smallest absolute Gasteiger partial charge is 0.338 e. The van der Waals surface area contributed by atoms with Crippen LogP contribution < -0.4 is 25.5 Å². The molecule has 3 aromatic carbocycles. The van der Waals surface area contributed by atoms with E-state index in [2.05, 4.69) is 37.1 Å². The van der Waals surface area contributed by atoms with Crippen LogP contribution in [0, 0.1) is 0 Å². The van der Waals surface area contributed by atoms with E-state index >= 15 is 0 Å². The summed E-state index contributed by atoms with van der Waals surface area (Å²) < 4.78 is 17.5. The summed E-state index contributed by atoms with van der Waals surface area (Å²) in [5.74, 6) is -0.190. The number of para-hydroxylation sites is 1. The molecule has 0 radical (unpaired) electrons. The summed E-state index contributed by atoms with van der Waals surface area (Å²) in [7, 11) is 0. The number of thiocarbonyl (C=S) groups is 1. The molecule has 1 aliphatic rings. The molecule has 0 aliphatic carbocycles. The number of esters is 1. The van der Waals surface area contributed by atoms with Crippen LogP contribution in [0.25, 0.3) is 0 Å². The number of hydrogen-bond acceptors (Lipinski definition) is 7. The standard InChI is InChI=1S/C30H26BrCl3N4O5S/c1-3-41-29(40)26-16(2)36-30(44)37-27(26)20-6-4-5-7-24(20)42-15-25(39)38-35-13-17-10-21(31)28(23(34)11-17)43-14-18-8-9-19(32)12-22(18)33/h4-13,27H,3,14-15H2,1-2H3,(H,38,39)(H2,36,37,44)/t27-/m0/s1. The first-order valence-corrected chi connectivity index (χ1v) is 15.5. The summed E-state index contributed by atoms with van der Waals surface area (Å²) in [5, 5.41) is 11.7. The first-order chi connectivity index (χ1) is 21.1. The number of hydrogen-bond donors (Lipinski definition) is 3. The highest BCUT2D eigenvalue weighted by Crippen LogP contribution is 2.36. The first kappa shape index (κ1) is 33.5. The van der Waals surface area contributed by atoms with Gasteiger partial charge < -0.3 is 24.8 Å². The molecule has 0 aromatic heterocycles. The van der Waals surface area contributed by atoms with Gasteiger partial charge in [-0.25, -0.2) is 10.2 Å². The Labute approximate surface area is 283 Å². The van der Waals surface area contributed by atoms with E-state index in [1.165, 1.54) is 6.21 Å². The van der Waals surface area contributed by atoms with Crippen LogP contribution in [0.15, 0.2) is 75.4 Å². The molecule has 0 fully saturated rings. The largest absolute Gasteiger partial charge is 0.486 e. The van der Waals surface area contributed by atoms with E-state index in [4.69, 9.17) is 61.2 Å². The van der Waals surface area contributed by atoms with Gasteiger partial charge in [0.25, 0.3) is 5.91 Å². The molecule has 4 rings (SSSR count). The van der Waals surface area contributed by atoms with E-state index < -0.39 is 17.9 Å². The fourth-order valence-corrected chi connectivity index (χ4v) is 5.91. The van der Waals surface area contributed by atoms with Crippen molar-refractivity contribution in [1.82, 2.24) is 16.1 Å². The molecule has 230 valence electrons. The summed E-state index contributed by atoms with van der Waals surface area (Å²) in [5.41, 5.74) is 5.32. The molecule has 0 spiro atoms. The Bertz CT molecular complexity index is 1630. The van der Waals surface area contributed by atoms with Crippen molar-refractivity contribution in [3.63, 3.8) is 0 Å². The van der Waals surface area contributed by atoms with Gasteiger partial charge in [0.2, 0.25) is 0 Å². The lowest BCUT2D eigenvalue weighted by Gasteiger charge is -2.30. The number of nitrogens with one attached hydrogen (secondary N) is 3. The Morgan fingerprint density at radius 1 is 1.09 bits per heavy atom. The maximum Gasteiger partial charge on any atom is 0.338 e. The molecule has 3 aromatic rings. The highest BCUT2D eigenvalue weighted by molar-refractivity contribution is 9.10. The van der Waals surface area contributed by atoms with Crippen LogP contribution in [0.4, 0.5) is 0 Å². The number of benzene rings is 3. The van der Waals surface area contributed by atoms with Gasteiger partial charge in [-0.3, -0.25) is 4.79 Å². The molecule has 9 nitrogen and oxygen atoms in total. The van der Waals surface area contributed by atoms with Crippen LogP contribution in [0.3, 0.4) is 0 Å². The lowest BCUT2D eigenvalue weighted by atomic mass is 9.95. The number of hydrazone groups is 1. The molecular formula is C30H26BrCl3N4O5S. The summed E-state index contributed by atoms with van der Waals surface area (Å²) in [6.45, 7) is 3.53. The van der Waals surface area contributed by atoms with Crippen LogP contribution in [-0.4, -0.2) is 36.4 Å². The fourth-order valence-electron chi connectivity index (χ4n) is 4.19. The van der Waals surface area contributed by atoms with Crippen molar-refractivity contribution >= 4 is 86.2 Å². The number of rotatable bonds is 11. The van der Waals surface area contributed by atoms with Gasteiger partial charge in [0.1, 0.15) is 12.4 Å². The Morgan fingerprint density at radius 2 is 1.86 bits per heavy atom. The van der Waals surface area contributed by atoms with Gasteiger partial charge in [-0.2, -0.15) is 5.10 Å². The van der Waals surface area contributed by atoms with Gasteiger partial charge in [-0.05, 0) is 77.9 Å².